The molecule has 0 saturated carbocycles. The molecule has 2 atom stereocenters. The third kappa shape index (κ3) is 1.41. The highest BCUT2D eigenvalue weighted by Crippen LogP contribution is 2.52. The largest absolute Gasteiger partial charge is 0.426 e. The molecule has 0 aromatic heterocycles. The van der Waals surface area contributed by atoms with Crippen molar-refractivity contribution in [1.82, 2.24) is 0 Å². The Labute approximate surface area is 79.0 Å². The van der Waals surface area contributed by atoms with Crippen molar-refractivity contribution in [2.75, 3.05) is 5.75 Å². The number of halogens is 7. The molecule has 0 aromatic carbocycles. The first-order chi connectivity index (χ1) is 6.36. The van der Waals surface area contributed by atoms with Crippen LogP contribution in [0.25, 0.3) is 0 Å². The minimum absolute atomic E-state index is 2.60. The van der Waals surface area contributed by atoms with Gasteiger partial charge in [0, 0.05) is 0 Å². The fraction of sp³-hybridized carbons (Fsp3) is 1.00. The molecule has 1 aliphatic heterocycles. The summed E-state index contributed by atoms with van der Waals surface area (Å²) in [5.74, 6) is -2.60. The Morgan fingerprint density at radius 2 is 1.53 bits per heavy atom. The summed E-state index contributed by atoms with van der Waals surface area (Å²) in [4.78, 5) is 0. The molecule has 0 aliphatic carbocycles. The van der Waals surface area contributed by atoms with Crippen molar-refractivity contribution in [2.45, 2.75) is 23.3 Å². The molecule has 0 aromatic rings. The Morgan fingerprint density at radius 3 is 1.67 bits per heavy atom. The van der Waals surface area contributed by atoms with Crippen LogP contribution in [-0.2, 0) is 9.84 Å². The molecule has 1 fully saturated rings. The van der Waals surface area contributed by atoms with Crippen molar-refractivity contribution in [1.29, 1.82) is 0 Å². The topological polar surface area (TPSA) is 34.1 Å². The Morgan fingerprint density at radius 1 is 1.13 bits per heavy atom. The van der Waals surface area contributed by atoms with Crippen LogP contribution < -0.4 is 0 Å². The average Bonchev–Trinajstić information content (AvgIpc) is 2.09. The van der Waals surface area contributed by atoms with E-state index in [0.29, 0.717) is 0 Å². The second-order valence-electron chi connectivity index (χ2n) is 3.04. The summed E-state index contributed by atoms with van der Waals surface area (Å²) in [6.45, 7) is 0. The summed E-state index contributed by atoms with van der Waals surface area (Å²) in [6, 6.07) is 0. The van der Waals surface area contributed by atoms with Crippen molar-refractivity contribution in [3.8, 4) is 0 Å². The van der Waals surface area contributed by atoms with E-state index in [-0.39, 0.29) is 0 Å². The molecule has 2 unspecified atom stereocenters. The van der Waals surface area contributed by atoms with E-state index in [2.05, 4.69) is 0 Å². The smallest absolute Gasteiger partial charge is 0.236 e. The van der Waals surface area contributed by atoms with E-state index in [1.807, 2.05) is 0 Å². The molecule has 1 saturated heterocycles. The predicted octanol–water partition coefficient (Wildman–Crippen LogP) is 1.62. The maximum Gasteiger partial charge on any atom is 0.426 e. The molecular weight excluding hydrogens is 257 g/mol. The fourth-order valence-corrected chi connectivity index (χ4v) is 2.65. The van der Waals surface area contributed by atoms with Crippen LogP contribution in [0.5, 0.6) is 0 Å². The van der Waals surface area contributed by atoms with Gasteiger partial charge in [0.05, 0.1) is 0 Å². The van der Waals surface area contributed by atoms with Crippen molar-refractivity contribution < 1.29 is 39.2 Å². The average molecular weight is 260 g/mol. The van der Waals surface area contributed by atoms with Gasteiger partial charge in [-0.3, -0.25) is 0 Å². The first-order valence-corrected chi connectivity index (χ1v) is 5.01. The first-order valence-electron chi connectivity index (χ1n) is 3.36. The lowest BCUT2D eigenvalue weighted by molar-refractivity contribution is -0.251. The van der Waals surface area contributed by atoms with Gasteiger partial charge < -0.3 is 0 Å². The SMILES string of the molecule is O=S1(=O)CC(F)(C(F)(F)F)C(F)C1(F)F. The highest BCUT2D eigenvalue weighted by molar-refractivity contribution is 7.92. The van der Waals surface area contributed by atoms with Crippen LogP contribution in [0.2, 0.25) is 0 Å². The molecule has 10 heteroatoms. The standard InChI is InChI=1S/C5H3F7O2S/c6-2-3(7,5(10,11)12)1-15(13,14)4(2,8)9/h2H,1H2. The number of alkyl halides is 7. The fourth-order valence-electron chi connectivity index (χ4n) is 1.10. The van der Waals surface area contributed by atoms with Crippen LogP contribution in [0.1, 0.15) is 0 Å². The molecule has 15 heavy (non-hydrogen) atoms. The van der Waals surface area contributed by atoms with Gasteiger partial charge in [-0.2, -0.15) is 22.0 Å². The Balaban J connectivity index is 3.34. The number of sulfone groups is 1. The Bertz CT molecular complexity index is 371. The Kier molecular flexibility index (Phi) is 2.31. The molecule has 1 rings (SSSR count). The molecule has 0 spiro atoms. The first kappa shape index (κ1) is 12.5. The molecule has 0 bridgehead atoms. The van der Waals surface area contributed by atoms with Crippen LogP contribution in [0.15, 0.2) is 0 Å². The third-order valence-electron chi connectivity index (χ3n) is 1.98. The molecule has 0 N–H and O–H groups in total. The van der Waals surface area contributed by atoms with Crippen LogP contribution in [0.4, 0.5) is 30.7 Å². The van der Waals surface area contributed by atoms with Gasteiger partial charge in [0.25, 0.3) is 5.67 Å². The Hall–Kier alpha value is -0.540. The summed E-state index contributed by atoms with van der Waals surface area (Å²) in [7, 11) is -5.77. The van der Waals surface area contributed by atoms with E-state index in [1.165, 1.54) is 0 Å². The molecule has 0 amide bonds. The highest BCUT2D eigenvalue weighted by Gasteiger charge is 2.79. The van der Waals surface area contributed by atoms with Crippen molar-refractivity contribution in [2.24, 2.45) is 0 Å². The zero-order valence-corrected chi connectivity index (χ0v) is 7.47. The number of rotatable bonds is 0. The van der Waals surface area contributed by atoms with Crippen LogP contribution in [-0.4, -0.2) is 37.4 Å². The monoisotopic (exact) mass is 260 g/mol. The molecular formula is C5H3F7O2S. The van der Waals surface area contributed by atoms with E-state index in [0.717, 1.165) is 0 Å². The van der Waals surface area contributed by atoms with Crippen molar-refractivity contribution in [3.05, 3.63) is 0 Å². The quantitative estimate of drug-likeness (QED) is 0.620. The zero-order valence-electron chi connectivity index (χ0n) is 6.65. The number of hydrogen-bond acceptors (Lipinski definition) is 2. The van der Waals surface area contributed by atoms with Crippen molar-refractivity contribution >= 4 is 9.84 Å². The van der Waals surface area contributed by atoms with E-state index < -0.39 is 38.9 Å². The predicted molar refractivity (Wildman–Crippen MR) is 33.5 cm³/mol. The highest BCUT2D eigenvalue weighted by atomic mass is 32.2. The van der Waals surface area contributed by atoms with Crippen LogP contribution >= 0.6 is 0 Å². The molecule has 90 valence electrons. The molecule has 2 nitrogen and oxygen atoms in total. The van der Waals surface area contributed by atoms with Gasteiger partial charge in [-0.25, -0.2) is 17.2 Å². The zero-order chi connectivity index (χ0) is 12.3. The summed E-state index contributed by atoms with van der Waals surface area (Å²) >= 11 is 0. The number of hydrogen-bond donors (Lipinski definition) is 0. The van der Waals surface area contributed by atoms with Gasteiger partial charge in [0.1, 0.15) is 5.75 Å². The normalized spacial score (nSPS) is 39.3. The summed E-state index contributed by atoms with van der Waals surface area (Å²) in [5.41, 5.74) is -5.05. The van der Waals surface area contributed by atoms with Gasteiger partial charge >= 0.3 is 11.4 Å². The minimum atomic E-state index is -6.00. The second kappa shape index (κ2) is 2.77. The van der Waals surface area contributed by atoms with Crippen LogP contribution in [0, 0.1) is 0 Å². The second-order valence-corrected chi connectivity index (χ2v) is 5.11. The summed E-state index contributed by atoms with van der Waals surface area (Å²) in [6.07, 6.45) is -10.4. The van der Waals surface area contributed by atoms with Gasteiger partial charge in [0.15, 0.2) is 0 Å². The van der Waals surface area contributed by atoms with E-state index in [1.54, 1.807) is 0 Å². The lowest BCUT2D eigenvalue weighted by atomic mass is 10.0. The maximum absolute atomic E-state index is 12.8. The van der Waals surface area contributed by atoms with Crippen molar-refractivity contribution in [3.63, 3.8) is 0 Å². The van der Waals surface area contributed by atoms with Gasteiger partial charge in [-0.05, 0) is 0 Å². The van der Waals surface area contributed by atoms with Gasteiger partial charge in [0.2, 0.25) is 16.0 Å². The molecule has 1 heterocycles. The molecule has 1 aliphatic rings. The van der Waals surface area contributed by atoms with Crippen LogP contribution in [0.3, 0.4) is 0 Å². The summed E-state index contributed by atoms with van der Waals surface area (Å²) < 4.78 is 107. The lowest BCUT2D eigenvalue weighted by Crippen LogP contribution is -2.51. The van der Waals surface area contributed by atoms with Gasteiger partial charge in [-0.15, -0.1) is 0 Å². The maximum atomic E-state index is 12.8. The lowest BCUT2D eigenvalue weighted by Gasteiger charge is -2.23. The third-order valence-corrected chi connectivity index (χ3v) is 3.82. The van der Waals surface area contributed by atoms with E-state index in [9.17, 15) is 39.2 Å². The van der Waals surface area contributed by atoms with E-state index >= 15 is 0 Å². The van der Waals surface area contributed by atoms with E-state index in [4.69, 9.17) is 0 Å². The van der Waals surface area contributed by atoms with Gasteiger partial charge in [-0.1, -0.05) is 0 Å². The molecule has 0 radical (unpaired) electrons. The summed E-state index contributed by atoms with van der Waals surface area (Å²) in [5, 5.41) is -5.35. The minimum Gasteiger partial charge on any atom is -0.236 e.